The number of ether oxygens (including phenoxy) is 6. The molecule has 0 bridgehead atoms. The zero-order valence-electron chi connectivity index (χ0n) is 24.5. The standard InChI is InChI=1S/C28H43NO15/c1-11-17(32)19(34)21(36)26(39-11)43-24-16(10-30)42-27(22(37)20(24)35)44-25-18(33)12(2)40-28(23(25)38)41-15-6-4-14(5-7-15)8-9-29-13(3)31/h4-7,11-12,16-28,30,32-38H,8-10H2,1-3H3,(H,29,31)/t11-,12-,16+,17-,18-,19+,20+,21+,22+,23+,24+,25+,26-,27-,28-/m0/s1. The van der Waals surface area contributed by atoms with E-state index in [0.717, 1.165) is 5.56 Å². The van der Waals surface area contributed by atoms with Gasteiger partial charge in [-0.15, -0.1) is 0 Å². The van der Waals surface area contributed by atoms with Crippen molar-refractivity contribution in [3.8, 4) is 5.75 Å². The first-order valence-electron chi connectivity index (χ1n) is 14.5. The van der Waals surface area contributed by atoms with Gasteiger partial charge < -0.3 is 74.6 Å². The minimum Gasteiger partial charge on any atom is -0.462 e. The molecule has 3 saturated heterocycles. The monoisotopic (exact) mass is 633 g/mol. The van der Waals surface area contributed by atoms with Crippen molar-refractivity contribution in [2.24, 2.45) is 0 Å². The molecule has 0 spiro atoms. The Morgan fingerprint density at radius 3 is 1.93 bits per heavy atom. The fourth-order valence-electron chi connectivity index (χ4n) is 5.28. The van der Waals surface area contributed by atoms with Gasteiger partial charge in [-0.05, 0) is 38.0 Å². The highest BCUT2D eigenvalue weighted by Gasteiger charge is 2.53. The topological polar surface area (TPSA) is 246 Å². The minimum atomic E-state index is -1.83. The van der Waals surface area contributed by atoms with Crippen LogP contribution in [0.1, 0.15) is 26.3 Å². The van der Waals surface area contributed by atoms with E-state index >= 15 is 0 Å². The third-order valence-electron chi connectivity index (χ3n) is 7.96. The molecule has 1 aromatic carbocycles. The SMILES string of the molecule is CC(=O)NCCc1ccc(O[C@@H]2O[C@@H](C)[C@H](O)[C@@H](O[C@@H]3O[C@H](CO)[C@@H](O[C@@H]4O[C@@H](C)[C@H](O)[C@@H](O)[C@H]4O)[C@H](O)[C@H]3O)[C@H]2O)cc1. The smallest absolute Gasteiger partial charge is 0.229 e. The first-order valence-corrected chi connectivity index (χ1v) is 14.5. The largest absolute Gasteiger partial charge is 0.462 e. The predicted octanol–water partition coefficient (Wildman–Crippen LogP) is -3.75. The van der Waals surface area contributed by atoms with Gasteiger partial charge in [-0.2, -0.15) is 0 Å². The van der Waals surface area contributed by atoms with Crippen LogP contribution >= 0.6 is 0 Å². The van der Waals surface area contributed by atoms with Gasteiger partial charge in [0.25, 0.3) is 0 Å². The quantitative estimate of drug-likeness (QED) is 0.120. The zero-order valence-corrected chi connectivity index (χ0v) is 24.5. The number of hydrogen-bond acceptors (Lipinski definition) is 15. The third kappa shape index (κ3) is 7.84. The van der Waals surface area contributed by atoms with E-state index in [1.54, 1.807) is 24.3 Å². The highest BCUT2D eigenvalue weighted by Crippen LogP contribution is 2.33. The van der Waals surface area contributed by atoms with E-state index in [-0.39, 0.29) is 5.91 Å². The van der Waals surface area contributed by atoms with E-state index < -0.39 is 98.7 Å². The number of benzene rings is 1. The lowest BCUT2D eigenvalue weighted by Gasteiger charge is -2.47. The van der Waals surface area contributed by atoms with Crippen molar-refractivity contribution in [3.05, 3.63) is 29.8 Å². The van der Waals surface area contributed by atoms with Crippen LogP contribution in [-0.4, -0.2) is 152 Å². The molecule has 4 rings (SSSR count). The van der Waals surface area contributed by atoms with Gasteiger partial charge in [-0.25, -0.2) is 0 Å². The van der Waals surface area contributed by atoms with E-state index in [1.807, 2.05) is 0 Å². The molecule has 15 atom stereocenters. The summed E-state index contributed by atoms with van der Waals surface area (Å²) in [6.45, 7) is 4.09. The fraction of sp³-hybridized carbons (Fsp3) is 0.750. The molecule has 0 radical (unpaired) electrons. The average Bonchev–Trinajstić information content (AvgIpc) is 2.99. The van der Waals surface area contributed by atoms with E-state index in [9.17, 15) is 45.6 Å². The Kier molecular flexibility index (Phi) is 11.9. The molecule has 9 N–H and O–H groups in total. The van der Waals surface area contributed by atoms with Crippen molar-refractivity contribution in [3.63, 3.8) is 0 Å². The van der Waals surface area contributed by atoms with Crippen molar-refractivity contribution in [2.45, 2.75) is 119 Å². The number of aliphatic hydroxyl groups excluding tert-OH is 8. The summed E-state index contributed by atoms with van der Waals surface area (Å²) in [5.41, 5.74) is 0.928. The van der Waals surface area contributed by atoms with Crippen LogP contribution in [-0.2, 0) is 34.9 Å². The minimum absolute atomic E-state index is 0.132. The Morgan fingerprint density at radius 2 is 1.30 bits per heavy atom. The van der Waals surface area contributed by atoms with Crippen LogP contribution in [0.3, 0.4) is 0 Å². The van der Waals surface area contributed by atoms with Gasteiger partial charge in [0.05, 0.1) is 18.8 Å². The molecule has 0 aliphatic carbocycles. The zero-order chi connectivity index (χ0) is 32.3. The van der Waals surface area contributed by atoms with Crippen LogP contribution in [0.4, 0.5) is 0 Å². The van der Waals surface area contributed by atoms with Crippen molar-refractivity contribution in [2.75, 3.05) is 13.2 Å². The van der Waals surface area contributed by atoms with Crippen LogP contribution in [0.5, 0.6) is 5.75 Å². The van der Waals surface area contributed by atoms with Gasteiger partial charge in [0.2, 0.25) is 12.2 Å². The number of carbonyl (C=O) groups is 1. The van der Waals surface area contributed by atoms with Crippen LogP contribution in [0.25, 0.3) is 0 Å². The van der Waals surface area contributed by atoms with E-state index in [2.05, 4.69) is 5.32 Å². The van der Waals surface area contributed by atoms with Crippen LogP contribution in [0, 0.1) is 0 Å². The van der Waals surface area contributed by atoms with Crippen molar-refractivity contribution in [1.29, 1.82) is 0 Å². The lowest BCUT2D eigenvalue weighted by Crippen LogP contribution is -2.66. The summed E-state index contributed by atoms with van der Waals surface area (Å²) in [7, 11) is 0. The Morgan fingerprint density at radius 1 is 0.727 bits per heavy atom. The third-order valence-corrected chi connectivity index (χ3v) is 7.96. The second-order valence-electron chi connectivity index (χ2n) is 11.3. The molecule has 0 aromatic heterocycles. The summed E-state index contributed by atoms with van der Waals surface area (Å²) < 4.78 is 33.8. The number of rotatable bonds is 10. The summed E-state index contributed by atoms with van der Waals surface area (Å²) in [6, 6.07) is 6.85. The highest BCUT2D eigenvalue weighted by molar-refractivity contribution is 5.72. The molecular formula is C28H43NO15. The lowest BCUT2D eigenvalue weighted by molar-refractivity contribution is -0.374. The first-order chi connectivity index (χ1) is 20.8. The molecule has 0 saturated carbocycles. The predicted molar refractivity (Wildman–Crippen MR) is 146 cm³/mol. The molecule has 1 amide bonds. The number of amides is 1. The van der Waals surface area contributed by atoms with Gasteiger partial charge >= 0.3 is 0 Å². The summed E-state index contributed by atoms with van der Waals surface area (Å²) in [6.07, 6.45) is -21.5. The molecule has 44 heavy (non-hydrogen) atoms. The van der Waals surface area contributed by atoms with Gasteiger partial charge in [-0.1, -0.05) is 12.1 Å². The maximum atomic E-state index is 11.1. The van der Waals surface area contributed by atoms with E-state index in [4.69, 9.17) is 28.4 Å². The fourth-order valence-corrected chi connectivity index (χ4v) is 5.28. The molecule has 3 aliphatic heterocycles. The number of hydrogen-bond donors (Lipinski definition) is 9. The van der Waals surface area contributed by atoms with Gasteiger partial charge in [0.1, 0.15) is 66.8 Å². The van der Waals surface area contributed by atoms with Crippen molar-refractivity contribution < 1.29 is 74.1 Å². The highest BCUT2D eigenvalue weighted by atomic mass is 16.8. The number of aliphatic hydroxyl groups is 8. The molecule has 16 heteroatoms. The lowest BCUT2D eigenvalue weighted by atomic mass is 9.96. The van der Waals surface area contributed by atoms with Crippen LogP contribution < -0.4 is 10.1 Å². The number of carbonyl (C=O) groups excluding carboxylic acids is 1. The molecule has 3 heterocycles. The Labute approximate surface area is 253 Å². The second kappa shape index (κ2) is 15.0. The van der Waals surface area contributed by atoms with Crippen molar-refractivity contribution in [1.82, 2.24) is 5.32 Å². The Balaban J connectivity index is 1.40. The summed E-state index contributed by atoms with van der Waals surface area (Å²) in [4.78, 5) is 11.1. The molecule has 3 fully saturated rings. The second-order valence-corrected chi connectivity index (χ2v) is 11.3. The number of nitrogens with one attached hydrogen (secondary N) is 1. The molecule has 16 nitrogen and oxygen atoms in total. The summed E-state index contributed by atoms with van der Waals surface area (Å²) >= 11 is 0. The van der Waals surface area contributed by atoms with Crippen molar-refractivity contribution >= 4 is 5.91 Å². The Hall–Kier alpha value is -2.03. The first kappa shape index (κ1) is 34.8. The maximum Gasteiger partial charge on any atom is 0.229 e. The van der Waals surface area contributed by atoms with Gasteiger partial charge in [0.15, 0.2) is 12.6 Å². The normalized spacial score (nSPS) is 42.9. The average molecular weight is 634 g/mol. The molecule has 0 unspecified atom stereocenters. The molecular weight excluding hydrogens is 590 g/mol. The van der Waals surface area contributed by atoms with Crippen LogP contribution in [0.2, 0.25) is 0 Å². The molecule has 250 valence electrons. The van der Waals surface area contributed by atoms with Gasteiger partial charge in [-0.3, -0.25) is 4.79 Å². The maximum absolute atomic E-state index is 11.1. The molecule has 1 aromatic rings. The summed E-state index contributed by atoms with van der Waals surface area (Å²) in [5, 5.41) is 86.5. The van der Waals surface area contributed by atoms with Crippen LogP contribution in [0.15, 0.2) is 24.3 Å². The van der Waals surface area contributed by atoms with E-state index in [1.165, 1.54) is 20.8 Å². The van der Waals surface area contributed by atoms with E-state index in [0.29, 0.717) is 18.7 Å². The Bertz CT molecular complexity index is 1060. The molecule has 3 aliphatic rings. The summed E-state index contributed by atoms with van der Waals surface area (Å²) in [5.74, 6) is 0.205. The van der Waals surface area contributed by atoms with Gasteiger partial charge in [0, 0.05) is 13.5 Å².